The van der Waals surface area contributed by atoms with Gasteiger partial charge in [0.2, 0.25) is 0 Å². The van der Waals surface area contributed by atoms with Crippen LogP contribution in [0.5, 0.6) is 5.75 Å². The van der Waals surface area contributed by atoms with Gasteiger partial charge in [-0.1, -0.05) is 30.4 Å². The summed E-state index contributed by atoms with van der Waals surface area (Å²) in [5.41, 5.74) is 0.686. The standard InChI is InChI=1S/C26H23NO6S2/c1-30-13-31-22-12-24(28)33-21-6-4-16(10-18(21)22)20-7-5-17(32-20)11-23-25(29)27(26(34)35-23)19-9-14-2-3-15(19)8-14/h4-7,10-12,14-15,19H,2-3,8-9,13H2,1H3. The van der Waals surface area contributed by atoms with E-state index < -0.39 is 5.63 Å². The summed E-state index contributed by atoms with van der Waals surface area (Å²) in [4.78, 5) is 27.5. The number of fused-ring (bicyclic) bond motifs is 3. The highest BCUT2D eigenvalue weighted by atomic mass is 32.2. The first kappa shape index (κ1) is 22.6. The molecule has 180 valence electrons. The van der Waals surface area contributed by atoms with Crippen LogP contribution in [0, 0.1) is 11.8 Å². The van der Waals surface area contributed by atoms with E-state index in [0.717, 1.165) is 17.9 Å². The van der Waals surface area contributed by atoms with Crippen LogP contribution in [0.15, 0.2) is 54.9 Å². The molecule has 0 radical (unpaired) electrons. The minimum absolute atomic E-state index is 0.00802. The zero-order chi connectivity index (χ0) is 24.1. The first-order chi connectivity index (χ1) is 17.0. The van der Waals surface area contributed by atoms with Gasteiger partial charge in [0.05, 0.1) is 16.4 Å². The van der Waals surface area contributed by atoms with E-state index in [1.54, 1.807) is 12.1 Å². The highest BCUT2D eigenvalue weighted by Crippen LogP contribution is 2.49. The topological polar surface area (TPSA) is 82.1 Å². The lowest BCUT2D eigenvalue weighted by Gasteiger charge is -2.30. The molecule has 0 spiro atoms. The Labute approximate surface area is 211 Å². The van der Waals surface area contributed by atoms with E-state index in [1.165, 1.54) is 44.2 Å². The van der Waals surface area contributed by atoms with Crippen LogP contribution < -0.4 is 10.4 Å². The summed E-state index contributed by atoms with van der Waals surface area (Å²) in [6.07, 6.45) is 6.52. The number of carbonyl (C=O) groups excluding carboxylic acids is 1. The highest BCUT2D eigenvalue weighted by molar-refractivity contribution is 8.26. The fourth-order valence-corrected chi connectivity index (χ4v) is 6.89. The van der Waals surface area contributed by atoms with Gasteiger partial charge in [0.25, 0.3) is 5.91 Å². The van der Waals surface area contributed by atoms with Crippen molar-refractivity contribution in [1.82, 2.24) is 4.90 Å². The number of rotatable bonds is 6. The predicted molar refractivity (Wildman–Crippen MR) is 137 cm³/mol. The number of hydrogen-bond donors (Lipinski definition) is 0. The predicted octanol–water partition coefficient (Wildman–Crippen LogP) is 5.43. The Morgan fingerprint density at radius 2 is 2.03 bits per heavy atom. The number of thioether (sulfide) groups is 1. The summed E-state index contributed by atoms with van der Waals surface area (Å²) in [6, 6.07) is 10.6. The summed E-state index contributed by atoms with van der Waals surface area (Å²) in [7, 11) is 1.51. The molecule has 2 aliphatic carbocycles. The van der Waals surface area contributed by atoms with Crippen LogP contribution in [-0.2, 0) is 9.53 Å². The number of ether oxygens (including phenoxy) is 2. The third-order valence-corrected chi connectivity index (χ3v) is 8.41. The SMILES string of the molecule is COCOc1cc(=O)oc2ccc(-c3ccc(C=C4SC(=S)N(C5CC6CCC5C6)C4=O)o3)cc12. The number of thiocarbonyl (C=S) groups is 1. The Balaban J connectivity index is 1.26. The second kappa shape index (κ2) is 8.96. The smallest absolute Gasteiger partial charge is 0.339 e. The number of furan rings is 1. The van der Waals surface area contributed by atoms with Crippen molar-refractivity contribution in [3.8, 4) is 17.1 Å². The van der Waals surface area contributed by atoms with Gasteiger partial charge in [-0.15, -0.1) is 0 Å². The lowest BCUT2D eigenvalue weighted by Crippen LogP contribution is -2.41. The van der Waals surface area contributed by atoms with E-state index in [1.807, 2.05) is 29.2 Å². The van der Waals surface area contributed by atoms with E-state index in [4.69, 9.17) is 30.5 Å². The average molecular weight is 510 g/mol. The zero-order valence-electron chi connectivity index (χ0n) is 19.0. The van der Waals surface area contributed by atoms with Crippen LogP contribution in [0.1, 0.15) is 31.4 Å². The molecule has 1 aliphatic heterocycles. The monoisotopic (exact) mass is 509 g/mol. The van der Waals surface area contributed by atoms with Gasteiger partial charge in [0.1, 0.15) is 27.2 Å². The van der Waals surface area contributed by atoms with Crippen LogP contribution in [0.2, 0.25) is 0 Å². The van der Waals surface area contributed by atoms with E-state index in [9.17, 15) is 9.59 Å². The minimum atomic E-state index is -0.501. The van der Waals surface area contributed by atoms with Crippen LogP contribution in [0.25, 0.3) is 28.4 Å². The molecule has 2 saturated carbocycles. The Hall–Kier alpha value is -2.88. The van der Waals surface area contributed by atoms with Crippen molar-refractivity contribution in [2.75, 3.05) is 13.9 Å². The van der Waals surface area contributed by atoms with Crippen molar-refractivity contribution in [3.05, 3.63) is 57.5 Å². The summed E-state index contributed by atoms with van der Waals surface area (Å²) in [6.45, 7) is 0.00802. The fraction of sp³-hybridized carbons (Fsp3) is 0.346. The molecule has 3 aromatic rings. The number of hydrogen-bond acceptors (Lipinski definition) is 8. The van der Waals surface area contributed by atoms with Crippen LogP contribution in [0.4, 0.5) is 0 Å². The van der Waals surface area contributed by atoms with Gasteiger partial charge in [-0.05, 0) is 61.4 Å². The lowest BCUT2D eigenvalue weighted by molar-refractivity contribution is -0.124. The molecule has 3 aliphatic rings. The fourth-order valence-electron chi connectivity index (χ4n) is 5.54. The first-order valence-corrected chi connectivity index (χ1v) is 12.8. The van der Waals surface area contributed by atoms with Crippen molar-refractivity contribution in [3.63, 3.8) is 0 Å². The number of amides is 1. The van der Waals surface area contributed by atoms with E-state index in [-0.39, 0.29) is 18.7 Å². The molecule has 2 aromatic heterocycles. The molecule has 7 nitrogen and oxygen atoms in total. The molecular weight excluding hydrogens is 486 g/mol. The molecular formula is C26H23NO6S2. The molecule has 1 saturated heterocycles. The van der Waals surface area contributed by atoms with Crippen LogP contribution >= 0.6 is 24.0 Å². The van der Waals surface area contributed by atoms with Gasteiger partial charge in [-0.25, -0.2) is 4.79 Å². The molecule has 1 aromatic carbocycles. The molecule has 9 heteroatoms. The van der Waals surface area contributed by atoms with Gasteiger partial charge in [-0.2, -0.15) is 0 Å². The normalized spacial score (nSPS) is 24.9. The molecule has 3 atom stereocenters. The van der Waals surface area contributed by atoms with Gasteiger partial charge < -0.3 is 18.3 Å². The third kappa shape index (κ3) is 4.11. The van der Waals surface area contributed by atoms with Crippen molar-refractivity contribution in [2.24, 2.45) is 11.8 Å². The molecule has 3 unspecified atom stereocenters. The van der Waals surface area contributed by atoms with E-state index >= 15 is 0 Å². The summed E-state index contributed by atoms with van der Waals surface area (Å²) in [5, 5.41) is 0.629. The number of methoxy groups -OCH3 is 1. The number of benzene rings is 1. The second-order valence-electron chi connectivity index (χ2n) is 9.19. The van der Waals surface area contributed by atoms with E-state index in [2.05, 4.69) is 0 Å². The summed E-state index contributed by atoms with van der Waals surface area (Å²) < 4.78 is 22.5. The zero-order valence-corrected chi connectivity index (χ0v) is 20.7. The lowest BCUT2D eigenvalue weighted by atomic mass is 9.94. The van der Waals surface area contributed by atoms with Gasteiger partial charge in [0.15, 0.2) is 6.79 Å². The Morgan fingerprint density at radius 1 is 1.14 bits per heavy atom. The minimum Gasteiger partial charge on any atom is -0.467 e. The molecule has 6 rings (SSSR count). The van der Waals surface area contributed by atoms with Crippen LogP contribution in [-0.4, -0.2) is 35.1 Å². The molecule has 35 heavy (non-hydrogen) atoms. The Bertz CT molecular complexity index is 1420. The second-order valence-corrected chi connectivity index (χ2v) is 10.9. The van der Waals surface area contributed by atoms with Crippen molar-refractivity contribution in [2.45, 2.75) is 31.7 Å². The quantitative estimate of drug-likeness (QED) is 0.188. The number of carbonyl (C=O) groups is 1. The molecule has 1 amide bonds. The maximum atomic E-state index is 13.2. The first-order valence-electron chi connectivity index (χ1n) is 11.6. The third-order valence-electron chi connectivity index (χ3n) is 7.08. The van der Waals surface area contributed by atoms with Crippen molar-refractivity contribution in [1.29, 1.82) is 0 Å². The highest BCUT2D eigenvalue weighted by Gasteiger charge is 2.48. The van der Waals surface area contributed by atoms with Crippen LogP contribution in [0.3, 0.4) is 0 Å². The Morgan fingerprint density at radius 3 is 2.80 bits per heavy atom. The molecule has 3 fully saturated rings. The van der Waals surface area contributed by atoms with E-state index in [0.29, 0.717) is 43.4 Å². The maximum Gasteiger partial charge on any atom is 0.339 e. The molecule has 2 bridgehead atoms. The number of nitrogens with zero attached hydrogens (tertiary/aromatic N) is 1. The summed E-state index contributed by atoms with van der Waals surface area (Å²) >= 11 is 6.93. The van der Waals surface area contributed by atoms with Crippen molar-refractivity contribution >= 4 is 51.3 Å². The maximum absolute atomic E-state index is 13.2. The Kier molecular flexibility index (Phi) is 5.78. The average Bonchev–Trinajstić information content (AvgIpc) is 3.63. The molecule has 0 N–H and O–H groups in total. The van der Waals surface area contributed by atoms with Gasteiger partial charge in [-0.3, -0.25) is 9.69 Å². The van der Waals surface area contributed by atoms with Crippen molar-refractivity contribution < 1.29 is 23.1 Å². The summed E-state index contributed by atoms with van der Waals surface area (Å²) in [5.74, 6) is 2.86. The largest absolute Gasteiger partial charge is 0.467 e. The van der Waals surface area contributed by atoms with Gasteiger partial charge in [0, 0.05) is 24.8 Å². The van der Waals surface area contributed by atoms with Gasteiger partial charge >= 0.3 is 5.63 Å². The molecule has 3 heterocycles.